The predicted octanol–water partition coefficient (Wildman–Crippen LogP) is 2.64. The van der Waals surface area contributed by atoms with Gasteiger partial charge in [-0.1, -0.05) is 24.3 Å². The number of aliphatic carboxylic acids is 2. The Morgan fingerprint density at radius 2 is 1.54 bits per heavy atom. The zero-order valence-electron chi connectivity index (χ0n) is 13.2. The minimum atomic E-state index is -1.16. The van der Waals surface area contributed by atoms with E-state index in [1.54, 1.807) is 19.9 Å². The van der Waals surface area contributed by atoms with E-state index in [9.17, 15) is 19.8 Å². The fourth-order valence-electron chi connectivity index (χ4n) is 3.10. The lowest BCUT2D eigenvalue weighted by Gasteiger charge is -2.28. The molecule has 6 nitrogen and oxygen atoms in total. The van der Waals surface area contributed by atoms with Crippen LogP contribution < -0.4 is 5.32 Å². The summed E-state index contributed by atoms with van der Waals surface area (Å²) >= 11 is 0. The average molecular weight is 324 g/mol. The lowest BCUT2D eigenvalue weighted by Crippen LogP contribution is -2.31. The van der Waals surface area contributed by atoms with Crippen LogP contribution in [0.2, 0.25) is 0 Å². The Balaban J connectivity index is 2.26. The van der Waals surface area contributed by atoms with Gasteiger partial charge in [-0.3, -0.25) is 4.98 Å². The van der Waals surface area contributed by atoms with Crippen LogP contribution in [0, 0.1) is 0 Å². The molecule has 0 unspecified atom stereocenters. The van der Waals surface area contributed by atoms with Gasteiger partial charge in [0.15, 0.2) is 0 Å². The molecule has 3 N–H and O–H groups in total. The van der Waals surface area contributed by atoms with Gasteiger partial charge in [-0.2, -0.15) is 0 Å². The summed E-state index contributed by atoms with van der Waals surface area (Å²) < 4.78 is 0. The van der Waals surface area contributed by atoms with Crippen molar-refractivity contribution in [3.63, 3.8) is 0 Å². The topological polar surface area (TPSA) is 99.5 Å². The number of para-hydroxylation sites is 1. The highest BCUT2D eigenvalue weighted by Gasteiger charge is 2.37. The Labute approximate surface area is 138 Å². The monoisotopic (exact) mass is 324 g/mol. The second-order valence-electron chi connectivity index (χ2n) is 5.67. The van der Waals surface area contributed by atoms with Crippen molar-refractivity contribution in [1.29, 1.82) is 0 Å². The maximum Gasteiger partial charge on any atom is 0.334 e. The first-order valence-corrected chi connectivity index (χ1v) is 7.41. The second-order valence-corrected chi connectivity index (χ2v) is 5.67. The number of aromatic nitrogens is 1. The summed E-state index contributed by atoms with van der Waals surface area (Å²) in [5.74, 6) is -3.25. The van der Waals surface area contributed by atoms with Crippen LogP contribution in [0.15, 0.2) is 58.9 Å². The van der Waals surface area contributed by atoms with Crippen molar-refractivity contribution in [3.8, 4) is 0 Å². The zero-order valence-corrected chi connectivity index (χ0v) is 13.2. The van der Waals surface area contributed by atoms with Gasteiger partial charge in [-0.05, 0) is 26.0 Å². The first kappa shape index (κ1) is 15.7. The van der Waals surface area contributed by atoms with Gasteiger partial charge in [0.2, 0.25) is 0 Å². The summed E-state index contributed by atoms with van der Waals surface area (Å²) in [5.41, 5.74) is 1.94. The Morgan fingerprint density at radius 3 is 2.12 bits per heavy atom. The van der Waals surface area contributed by atoms with E-state index >= 15 is 0 Å². The molecule has 2 heterocycles. The van der Waals surface area contributed by atoms with Crippen molar-refractivity contribution in [3.05, 3.63) is 64.6 Å². The summed E-state index contributed by atoms with van der Waals surface area (Å²) in [5, 5.41) is 23.0. The van der Waals surface area contributed by atoms with Crippen LogP contribution in [0.1, 0.15) is 25.5 Å². The third-order valence-corrected chi connectivity index (χ3v) is 4.14. The van der Waals surface area contributed by atoms with Gasteiger partial charge < -0.3 is 15.5 Å². The lowest BCUT2D eigenvalue weighted by atomic mass is 9.82. The molecule has 3 rings (SSSR count). The van der Waals surface area contributed by atoms with Crippen molar-refractivity contribution in [1.82, 2.24) is 10.3 Å². The van der Waals surface area contributed by atoms with Crippen LogP contribution in [0.25, 0.3) is 10.9 Å². The number of dihydropyridines is 1. The molecular formula is C18H16N2O4. The minimum absolute atomic E-state index is 0.000723. The van der Waals surface area contributed by atoms with Crippen LogP contribution >= 0.6 is 0 Å². The van der Waals surface area contributed by atoms with Crippen molar-refractivity contribution >= 4 is 22.8 Å². The number of hydrogen-bond donors (Lipinski definition) is 3. The number of carboxylic acid groups (broad SMARTS) is 2. The maximum absolute atomic E-state index is 11.7. The summed E-state index contributed by atoms with van der Waals surface area (Å²) in [6.45, 7) is 3.25. The molecule has 0 saturated carbocycles. The Hall–Kier alpha value is -3.15. The van der Waals surface area contributed by atoms with Gasteiger partial charge in [-0.25, -0.2) is 9.59 Å². The summed E-state index contributed by atoms with van der Waals surface area (Å²) in [6.07, 6.45) is 0. The number of benzene rings is 1. The zero-order chi connectivity index (χ0) is 17.4. The molecule has 2 aromatic rings. The van der Waals surface area contributed by atoms with Gasteiger partial charge in [0.05, 0.1) is 28.3 Å². The molecule has 122 valence electrons. The van der Waals surface area contributed by atoms with Crippen molar-refractivity contribution in [2.45, 2.75) is 19.8 Å². The van der Waals surface area contributed by atoms with E-state index in [2.05, 4.69) is 10.3 Å². The number of rotatable bonds is 3. The van der Waals surface area contributed by atoms with E-state index in [1.165, 1.54) is 0 Å². The number of allylic oxidation sites excluding steroid dienone is 2. The Bertz CT molecular complexity index is 892. The Kier molecular flexibility index (Phi) is 3.81. The third-order valence-electron chi connectivity index (χ3n) is 4.14. The van der Waals surface area contributed by atoms with E-state index in [1.807, 2.05) is 30.3 Å². The number of fused-ring (bicyclic) bond motifs is 1. The van der Waals surface area contributed by atoms with Crippen molar-refractivity contribution < 1.29 is 19.8 Å². The van der Waals surface area contributed by atoms with Crippen LogP contribution in [-0.4, -0.2) is 27.1 Å². The molecule has 1 aliphatic heterocycles. The Morgan fingerprint density at radius 1 is 0.958 bits per heavy atom. The SMILES string of the molecule is CC1=C(C(=O)O)C(c2ccc3ccccc3n2)C(C(=O)O)=C(C)N1. The second kappa shape index (κ2) is 5.81. The smallest absolute Gasteiger partial charge is 0.334 e. The molecule has 0 amide bonds. The first-order valence-electron chi connectivity index (χ1n) is 7.41. The highest BCUT2D eigenvalue weighted by atomic mass is 16.4. The number of carboxylic acids is 2. The maximum atomic E-state index is 11.7. The van der Waals surface area contributed by atoms with Crippen LogP contribution in [-0.2, 0) is 9.59 Å². The van der Waals surface area contributed by atoms with Crippen molar-refractivity contribution in [2.24, 2.45) is 0 Å². The molecule has 1 aliphatic rings. The average Bonchev–Trinajstić information content (AvgIpc) is 2.52. The molecule has 0 saturated heterocycles. The summed E-state index contributed by atoms with van der Waals surface area (Å²) in [7, 11) is 0. The minimum Gasteiger partial charge on any atom is -0.478 e. The van der Waals surface area contributed by atoms with Crippen LogP contribution in [0.3, 0.4) is 0 Å². The molecular weight excluding hydrogens is 308 g/mol. The van der Waals surface area contributed by atoms with Gasteiger partial charge in [0, 0.05) is 16.8 Å². The standard InChI is InChI=1S/C18H16N2O4/c1-9-14(17(21)22)16(15(18(23)24)10(2)19-9)13-8-7-11-5-3-4-6-12(11)20-13/h3-8,16,19H,1-2H3,(H,21,22)(H,23,24). The summed E-state index contributed by atoms with van der Waals surface area (Å²) in [6, 6.07) is 10.9. The molecule has 0 bridgehead atoms. The largest absolute Gasteiger partial charge is 0.478 e. The van der Waals surface area contributed by atoms with E-state index < -0.39 is 17.9 Å². The molecule has 1 aromatic carbocycles. The van der Waals surface area contributed by atoms with Crippen molar-refractivity contribution in [2.75, 3.05) is 0 Å². The molecule has 0 aliphatic carbocycles. The van der Waals surface area contributed by atoms with Gasteiger partial charge in [0.1, 0.15) is 0 Å². The van der Waals surface area contributed by atoms with Gasteiger partial charge in [0.25, 0.3) is 0 Å². The lowest BCUT2D eigenvalue weighted by molar-refractivity contribution is -0.133. The third kappa shape index (κ3) is 2.52. The number of pyridine rings is 1. The van der Waals surface area contributed by atoms with E-state index in [0.29, 0.717) is 22.6 Å². The molecule has 0 spiro atoms. The number of nitrogens with one attached hydrogen (secondary N) is 1. The normalized spacial score (nSPS) is 15.6. The van der Waals surface area contributed by atoms with Crippen LogP contribution in [0.4, 0.5) is 0 Å². The highest BCUT2D eigenvalue weighted by Crippen LogP contribution is 2.37. The molecule has 0 fully saturated rings. The predicted molar refractivity (Wildman–Crippen MR) is 88.3 cm³/mol. The number of hydrogen-bond acceptors (Lipinski definition) is 4. The van der Waals surface area contributed by atoms with Gasteiger partial charge in [-0.15, -0.1) is 0 Å². The molecule has 0 radical (unpaired) electrons. The van der Waals surface area contributed by atoms with Crippen LogP contribution in [0.5, 0.6) is 0 Å². The first-order chi connectivity index (χ1) is 11.4. The molecule has 24 heavy (non-hydrogen) atoms. The number of nitrogens with zero attached hydrogens (tertiary/aromatic N) is 1. The van der Waals surface area contributed by atoms with E-state index in [-0.39, 0.29) is 11.1 Å². The molecule has 6 heteroatoms. The molecule has 0 atom stereocenters. The van der Waals surface area contributed by atoms with Gasteiger partial charge >= 0.3 is 11.9 Å². The molecule has 1 aromatic heterocycles. The fourth-order valence-corrected chi connectivity index (χ4v) is 3.10. The number of carbonyl (C=O) groups is 2. The fraction of sp³-hybridized carbons (Fsp3) is 0.167. The quantitative estimate of drug-likeness (QED) is 0.802. The van der Waals surface area contributed by atoms with E-state index in [0.717, 1.165) is 5.39 Å². The van der Waals surface area contributed by atoms with E-state index in [4.69, 9.17) is 0 Å². The highest BCUT2D eigenvalue weighted by molar-refractivity contribution is 5.98. The summed E-state index contributed by atoms with van der Waals surface area (Å²) in [4.78, 5) is 28.0.